The fourth-order valence-electron chi connectivity index (χ4n) is 5.35. The lowest BCUT2D eigenvalue weighted by Crippen LogP contribution is -2.41. The number of anilines is 1. The molecule has 1 aliphatic heterocycles. The van der Waals surface area contributed by atoms with Crippen molar-refractivity contribution in [3.05, 3.63) is 111 Å². The first kappa shape index (κ1) is 23.8. The van der Waals surface area contributed by atoms with E-state index in [0.717, 1.165) is 22.5 Å². The van der Waals surface area contributed by atoms with Crippen LogP contribution in [0.4, 0.5) is 5.69 Å². The van der Waals surface area contributed by atoms with Crippen molar-refractivity contribution in [3.8, 4) is 0 Å². The summed E-state index contributed by atoms with van der Waals surface area (Å²) in [6.45, 7) is 4.29. The van der Waals surface area contributed by atoms with Gasteiger partial charge in [0.15, 0.2) is 5.78 Å². The van der Waals surface area contributed by atoms with E-state index in [2.05, 4.69) is 38.1 Å². The Hall–Kier alpha value is -2.88. The summed E-state index contributed by atoms with van der Waals surface area (Å²) in [5.41, 5.74) is 5.39. The average Bonchev–Trinajstić information content (AvgIpc) is 2.84. The second kappa shape index (κ2) is 9.64. The Bertz CT molecular complexity index is 1310. The quantitative estimate of drug-likeness (QED) is 0.361. The van der Waals surface area contributed by atoms with Crippen LogP contribution in [0.2, 0.25) is 10.0 Å². The number of carbonyl (C=O) groups excluding carboxylic acids is 2. The first-order chi connectivity index (χ1) is 16.8. The number of amides is 1. The molecule has 2 atom stereocenters. The number of rotatable bonds is 4. The molecule has 5 rings (SSSR count). The van der Waals surface area contributed by atoms with Gasteiger partial charge in [-0.3, -0.25) is 14.5 Å². The van der Waals surface area contributed by atoms with Gasteiger partial charge in [0.05, 0.1) is 0 Å². The van der Waals surface area contributed by atoms with Gasteiger partial charge in [0.1, 0.15) is 0 Å². The van der Waals surface area contributed by atoms with E-state index in [4.69, 9.17) is 23.2 Å². The number of carbonyl (C=O) groups is 2. The van der Waals surface area contributed by atoms with Crippen molar-refractivity contribution in [1.29, 1.82) is 0 Å². The van der Waals surface area contributed by atoms with E-state index in [-0.39, 0.29) is 29.9 Å². The number of Topliss-reactive ketones (excluding diaryl/α,β-unsaturated/α-hetero) is 1. The fourth-order valence-corrected chi connectivity index (χ4v) is 5.89. The third-order valence-corrected chi connectivity index (χ3v) is 7.72. The van der Waals surface area contributed by atoms with E-state index >= 15 is 0 Å². The Kier molecular flexibility index (Phi) is 6.57. The van der Waals surface area contributed by atoms with Crippen LogP contribution in [0.25, 0.3) is 0 Å². The molecule has 5 heteroatoms. The first-order valence-corrected chi connectivity index (χ1v) is 12.8. The summed E-state index contributed by atoms with van der Waals surface area (Å²) in [4.78, 5) is 29.2. The zero-order valence-corrected chi connectivity index (χ0v) is 21.3. The summed E-state index contributed by atoms with van der Waals surface area (Å²) in [6.07, 6.45) is 1.22. The predicted octanol–water partition coefficient (Wildman–Crippen LogP) is 8.04. The van der Waals surface area contributed by atoms with Gasteiger partial charge in [-0.2, -0.15) is 0 Å². The molecular formula is C30H27Cl2NO2. The number of hydrogen-bond donors (Lipinski definition) is 0. The Labute approximate surface area is 216 Å². The summed E-state index contributed by atoms with van der Waals surface area (Å²) in [7, 11) is 0. The number of ketones is 1. The van der Waals surface area contributed by atoms with Crippen molar-refractivity contribution < 1.29 is 9.59 Å². The lowest BCUT2D eigenvalue weighted by Gasteiger charge is -2.40. The summed E-state index contributed by atoms with van der Waals surface area (Å²) in [6, 6.07) is 23.5. The molecule has 3 nitrogen and oxygen atoms in total. The minimum atomic E-state index is -0.377. The van der Waals surface area contributed by atoms with Crippen LogP contribution in [0, 0.1) is 0 Å². The molecule has 1 amide bonds. The molecule has 0 bridgehead atoms. The third-order valence-electron chi connectivity index (χ3n) is 7.16. The van der Waals surface area contributed by atoms with Crippen LogP contribution in [0.5, 0.6) is 0 Å². The summed E-state index contributed by atoms with van der Waals surface area (Å²) in [5, 5.41) is 1.01. The highest BCUT2D eigenvalue weighted by molar-refractivity contribution is 6.35. The Balaban J connectivity index is 1.65. The van der Waals surface area contributed by atoms with Crippen LogP contribution >= 0.6 is 23.2 Å². The summed E-state index contributed by atoms with van der Waals surface area (Å²) < 4.78 is 0. The highest BCUT2D eigenvalue weighted by Crippen LogP contribution is 2.48. The van der Waals surface area contributed by atoms with Crippen LogP contribution in [-0.2, 0) is 9.59 Å². The van der Waals surface area contributed by atoms with Crippen LogP contribution in [0.15, 0.2) is 84.1 Å². The maximum Gasteiger partial charge on any atom is 0.232 e. The van der Waals surface area contributed by atoms with Crippen molar-refractivity contribution in [2.24, 2.45) is 0 Å². The SMILES string of the molecule is CC(C)c1ccc(N2C(=O)CC(c3ccc(Cl)cc3Cl)C3=C2CC(c2ccccc2)CC3=O)cc1. The molecule has 0 N–H and O–H groups in total. The second-order valence-electron chi connectivity index (χ2n) is 9.70. The number of benzene rings is 3. The zero-order valence-electron chi connectivity index (χ0n) is 19.8. The van der Waals surface area contributed by atoms with Gasteiger partial charge in [0, 0.05) is 45.8 Å². The van der Waals surface area contributed by atoms with Crippen LogP contribution in [0.1, 0.15) is 67.6 Å². The fraction of sp³-hybridized carbons (Fsp3) is 0.267. The van der Waals surface area contributed by atoms with Crippen molar-refractivity contribution >= 4 is 40.6 Å². The molecule has 0 saturated carbocycles. The smallest absolute Gasteiger partial charge is 0.232 e. The molecule has 0 fully saturated rings. The number of hydrogen-bond acceptors (Lipinski definition) is 2. The monoisotopic (exact) mass is 503 g/mol. The highest BCUT2D eigenvalue weighted by Gasteiger charge is 2.43. The average molecular weight is 504 g/mol. The largest absolute Gasteiger partial charge is 0.294 e. The molecule has 0 spiro atoms. The number of halogens is 2. The molecule has 3 aromatic rings. The maximum absolute atomic E-state index is 13.7. The van der Waals surface area contributed by atoms with Crippen molar-refractivity contribution in [2.45, 2.75) is 50.9 Å². The summed E-state index contributed by atoms with van der Waals surface area (Å²) in [5.74, 6) is 0.0850. The molecule has 178 valence electrons. The van der Waals surface area contributed by atoms with Gasteiger partial charge < -0.3 is 0 Å². The van der Waals surface area contributed by atoms with E-state index in [1.807, 2.05) is 36.4 Å². The highest BCUT2D eigenvalue weighted by atomic mass is 35.5. The van der Waals surface area contributed by atoms with Gasteiger partial charge in [-0.15, -0.1) is 0 Å². The standard InChI is InChI=1S/C30H27Cl2NO2/c1-18(2)19-8-11-23(12-9-19)33-27-14-21(20-6-4-3-5-7-20)15-28(34)30(27)25(17-29(33)35)24-13-10-22(31)16-26(24)32/h3-13,16,18,21,25H,14-15,17H2,1-2H3. The van der Waals surface area contributed by atoms with E-state index in [1.54, 1.807) is 17.0 Å². The van der Waals surface area contributed by atoms with Gasteiger partial charge in [-0.25, -0.2) is 0 Å². The first-order valence-electron chi connectivity index (χ1n) is 12.0. The van der Waals surface area contributed by atoms with Crippen LogP contribution < -0.4 is 4.90 Å². The minimum Gasteiger partial charge on any atom is -0.294 e. The molecule has 3 aromatic carbocycles. The second-order valence-corrected chi connectivity index (χ2v) is 10.5. The molecule has 0 aromatic heterocycles. The topological polar surface area (TPSA) is 37.4 Å². The molecule has 0 saturated heterocycles. The molecule has 2 unspecified atom stereocenters. The predicted molar refractivity (Wildman–Crippen MR) is 142 cm³/mol. The molecular weight excluding hydrogens is 477 g/mol. The minimum absolute atomic E-state index is 0.0205. The summed E-state index contributed by atoms with van der Waals surface area (Å²) >= 11 is 12.7. The van der Waals surface area contributed by atoms with Gasteiger partial charge in [0.25, 0.3) is 0 Å². The normalized spacial score (nSPS) is 20.4. The molecule has 2 aliphatic rings. The molecule has 35 heavy (non-hydrogen) atoms. The lowest BCUT2D eigenvalue weighted by atomic mass is 9.72. The van der Waals surface area contributed by atoms with Gasteiger partial charge in [-0.1, -0.05) is 85.6 Å². The van der Waals surface area contributed by atoms with E-state index in [0.29, 0.717) is 34.4 Å². The van der Waals surface area contributed by atoms with Gasteiger partial charge >= 0.3 is 0 Å². The Morgan fingerprint density at radius 1 is 0.857 bits per heavy atom. The van der Waals surface area contributed by atoms with Crippen molar-refractivity contribution in [1.82, 2.24) is 0 Å². The lowest BCUT2D eigenvalue weighted by molar-refractivity contribution is -0.120. The maximum atomic E-state index is 13.7. The van der Waals surface area contributed by atoms with E-state index in [9.17, 15) is 9.59 Å². The Morgan fingerprint density at radius 2 is 1.57 bits per heavy atom. The Morgan fingerprint density at radius 3 is 2.23 bits per heavy atom. The van der Waals surface area contributed by atoms with Crippen molar-refractivity contribution in [2.75, 3.05) is 4.90 Å². The zero-order chi connectivity index (χ0) is 24.7. The van der Waals surface area contributed by atoms with Crippen molar-refractivity contribution in [3.63, 3.8) is 0 Å². The van der Waals surface area contributed by atoms with Crippen LogP contribution in [0.3, 0.4) is 0 Å². The molecule has 0 radical (unpaired) electrons. The third kappa shape index (κ3) is 4.55. The van der Waals surface area contributed by atoms with Crippen LogP contribution in [-0.4, -0.2) is 11.7 Å². The van der Waals surface area contributed by atoms with Gasteiger partial charge in [0.2, 0.25) is 5.91 Å². The molecule has 1 aliphatic carbocycles. The number of nitrogens with zero attached hydrogens (tertiary/aromatic N) is 1. The van der Waals surface area contributed by atoms with Gasteiger partial charge in [-0.05, 0) is 59.2 Å². The van der Waals surface area contributed by atoms with E-state index in [1.165, 1.54) is 5.56 Å². The number of allylic oxidation sites excluding steroid dienone is 2. The van der Waals surface area contributed by atoms with E-state index < -0.39 is 0 Å². The molecule has 1 heterocycles.